The molecule has 1 atom stereocenters. The molecule has 0 N–H and O–H groups in total. The highest BCUT2D eigenvalue weighted by Crippen LogP contribution is 2.33. The van der Waals surface area contributed by atoms with E-state index in [1.54, 1.807) is 14.2 Å². The fraction of sp³-hybridized carbons (Fsp3) is 0.321. The first-order valence-electron chi connectivity index (χ1n) is 11.6. The number of methoxy groups -OCH3 is 2. The SMILES string of the molecule is CCC(C(=O)N(CCc1ccc(OC)c(OC)c1)Cc1ccc2c(c1)OCO2)c1ccccc1. The Morgan fingerprint density at radius 2 is 1.65 bits per heavy atom. The van der Waals surface area contributed by atoms with E-state index in [1.165, 1.54) is 0 Å². The minimum atomic E-state index is -0.194. The molecule has 1 heterocycles. The van der Waals surface area contributed by atoms with E-state index in [9.17, 15) is 4.79 Å². The van der Waals surface area contributed by atoms with Gasteiger partial charge in [0.1, 0.15) is 0 Å². The number of fused-ring (bicyclic) bond motifs is 1. The number of hydrogen-bond acceptors (Lipinski definition) is 5. The van der Waals surface area contributed by atoms with Gasteiger partial charge in [-0.15, -0.1) is 0 Å². The van der Waals surface area contributed by atoms with Crippen LogP contribution in [0.4, 0.5) is 0 Å². The van der Waals surface area contributed by atoms with E-state index in [4.69, 9.17) is 18.9 Å². The average Bonchev–Trinajstić information content (AvgIpc) is 3.35. The maximum Gasteiger partial charge on any atom is 0.231 e. The van der Waals surface area contributed by atoms with Crippen LogP contribution in [0.2, 0.25) is 0 Å². The topological polar surface area (TPSA) is 57.2 Å². The summed E-state index contributed by atoms with van der Waals surface area (Å²) < 4.78 is 21.8. The van der Waals surface area contributed by atoms with E-state index in [0.717, 1.165) is 34.6 Å². The van der Waals surface area contributed by atoms with Gasteiger partial charge in [0.15, 0.2) is 23.0 Å². The molecule has 0 fully saturated rings. The molecule has 34 heavy (non-hydrogen) atoms. The molecule has 0 aliphatic carbocycles. The number of rotatable bonds is 10. The van der Waals surface area contributed by atoms with E-state index >= 15 is 0 Å². The van der Waals surface area contributed by atoms with E-state index in [0.29, 0.717) is 31.0 Å². The van der Waals surface area contributed by atoms with Gasteiger partial charge in [-0.05, 0) is 53.8 Å². The molecular formula is C28H31NO5. The minimum Gasteiger partial charge on any atom is -0.493 e. The second-order valence-corrected chi connectivity index (χ2v) is 8.26. The van der Waals surface area contributed by atoms with Crippen LogP contribution >= 0.6 is 0 Å². The fourth-order valence-corrected chi connectivity index (χ4v) is 4.29. The van der Waals surface area contributed by atoms with Crippen LogP contribution in [0.1, 0.15) is 36.0 Å². The summed E-state index contributed by atoms with van der Waals surface area (Å²) in [6.45, 7) is 3.35. The number of ether oxygens (including phenoxy) is 4. The molecule has 3 aromatic rings. The van der Waals surface area contributed by atoms with Crippen LogP contribution in [0.25, 0.3) is 0 Å². The monoisotopic (exact) mass is 461 g/mol. The summed E-state index contributed by atoms with van der Waals surface area (Å²) in [6, 6.07) is 21.7. The molecule has 0 radical (unpaired) electrons. The number of amides is 1. The largest absolute Gasteiger partial charge is 0.493 e. The average molecular weight is 462 g/mol. The van der Waals surface area contributed by atoms with Gasteiger partial charge >= 0.3 is 0 Å². The van der Waals surface area contributed by atoms with E-state index in [2.05, 4.69) is 6.92 Å². The van der Waals surface area contributed by atoms with Crippen LogP contribution in [0.5, 0.6) is 23.0 Å². The van der Waals surface area contributed by atoms with Gasteiger partial charge in [0, 0.05) is 13.1 Å². The molecule has 4 rings (SSSR count). The van der Waals surface area contributed by atoms with Crippen LogP contribution in [0.15, 0.2) is 66.7 Å². The fourth-order valence-electron chi connectivity index (χ4n) is 4.29. The zero-order chi connectivity index (χ0) is 23.9. The summed E-state index contributed by atoms with van der Waals surface area (Å²) in [7, 11) is 3.25. The smallest absolute Gasteiger partial charge is 0.231 e. The molecule has 0 bridgehead atoms. The Labute approximate surface area is 201 Å². The van der Waals surface area contributed by atoms with Crippen LogP contribution in [0.3, 0.4) is 0 Å². The Balaban J connectivity index is 1.57. The second kappa shape index (κ2) is 11.0. The van der Waals surface area contributed by atoms with Crippen LogP contribution in [-0.4, -0.2) is 38.4 Å². The first-order valence-corrected chi connectivity index (χ1v) is 11.6. The Morgan fingerprint density at radius 1 is 0.912 bits per heavy atom. The van der Waals surface area contributed by atoms with Crippen molar-refractivity contribution in [1.29, 1.82) is 0 Å². The maximum atomic E-state index is 13.8. The third kappa shape index (κ3) is 5.28. The van der Waals surface area contributed by atoms with E-state index < -0.39 is 0 Å². The molecule has 1 aliphatic rings. The van der Waals surface area contributed by atoms with Gasteiger partial charge in [-0.25, -0.2) is 0 Å². The predicted octanol–water partition coefficient (Wildman–Crippen LogP) is 5.20. The molecule has 0 saturated carbocycles. The lowest BCUT2D eigenvalue weighted by Gasteiger charge is -2.28. The second-order valence-electron chi connectivity index (χ2n) is 8.26. The van der Waals surface area contributed by atoms with Crippen molar-refractivity contribution in [3.05, 3.63) is 83.4 Å². The number of benzene rings is 3. The van der Waals surface area contributed by atoms with Gasteiger partial charge in [-0.3, -0.25) is 4.79 Å². The molecular weight excluding hydrogens is 430 g/mol. The number of hydrogen-bond donors (Lipinski definition) is 0. The van der Waals surface area contributed by atoms with Gasteiger partial charge < -0.3 is 23.8 Å². The van der Waals surface area contributed by atoms with Crippen LogP contribution in [-0.2, 0) is 17.8 Å². The lowest BCUT2D eigenvalue weighted by molar-refractivity contribution is -0.133. The van der Waals surface area contributed by atoms with Crippen molar-refractivity contribution in [3.63, 3.8) is 0 Å². The van der Waals surface area contributed by atoms with Crippen molar-refractivity contribution >= 4 is 5.91 Å². The van der Waals surface area contributed by atoms with Crippen LogP contribution in [0, 0.1) is 0 Å². The third-order valence-electron chi connectivity index (χ3n) is 6.15. The molecule has 6 nitrogen and oxygen atoms in total. The first kappa shape index (κ1) is 23.5. The quantitative estimate of drug-likeness (QED) is 0.416. The van der Waals surface area contributed by atoms with Gasteiger partial charge in [0.25, 0.3) is 0 Å². The molecule has 1 aliphatic heterocycles. The van der Waals surface area contributed by atoms with E-state index in [1.807, 2.05) is 71.6 Å². The van der Waals surface area contributed by atoms with Gasteiger partial charge in [-0.2, -0.15) is 0 Å². The molecule has 6 heteroatoms. The van der Waals surface area contributed by atoms with Crippen LogP contribution < -0.4 is 18.9 Å². The summed E-state index contributed by atoms with van der Waals surface area (Å²) in [5.41, 5.74) is 3.12. The van der Waals surface area contributed by atoms with Crippen molar-refractivity contribution in [3.8, 4) is 23.0 Å². The third-order valence-corrected chi connectivity index (χ3v) is 6.15. The number of carbonyl (C=O) groups is 1. The molecule has 3 aromatic carbocycles. The minimum absolute atomic E-state index is 0.117. The molecule has 178 valence electrons. The number of nitrogens with zero attached hydrogens (tertiary/aromatic N) is 1. The highest BCUT2D eigenvalue weighted by Gasteiger charge is 2.25. The molecule has 1 unspecified atom stereocenters. The molecule has 0 spiro atoms. The zero-order valence-corrected chi connectivity index (χ0v) is 20.0. The Hall–Kier alpha value is -3.67. The van der Waals surface area contributed by atoms with Crippen molar-refractivity contribution < 1.29 is 23.7 Å². The molecule has 0 saturated heterocycles. The maximum absolute atomic E-state index is 13.8. The summed E-state index contributed by atoms with van der Waals surface area (Å²) in [4.78, 5) is 15.7. The summed E-state index contributed by atoms with van der Waals surface area (Å²) >= 11 is 0. The lowest BCUT2D eigenvalue weighted by Crippen LogP contribution is -2.36. The van der Waals surface area contributed by atoms with E-state index in [-0.39, 0.29) is 18.6 Å². The summed E-state index contributed by atoms with van der Waals surface area (Å²) in [5, 5.41) is 0. The molecule has 0 aromatic heterocycles. The summed E-state index contributed by atoms with van der Waals surface area (Å²) in [6.07, 6.45) is 1.43. The zero-order valence-electron chi connectivity index (χ0n) is 20.0. The molecule has 1 amide bonds. The number of carbonyl (C=O) groups excluding carboxylic acids is 1. The summed E-state index contributed by atoms with van der Waals surface area (Å²) in [5.74, 6) is 2.76. The van der Waals surface area contributed by atoms with Crippen molar-refractivity contribution in [2.45, 2.75) is 32.2 Å². The highest BCUT2D eigenvalue weighted by atomic mass is 16.7. The van der Waals surface area contributed by atoms with Gasteiger partial charge in [0.2, 0.25) is 12.7 Å². The predicted molar refractivity (Wildman–Crippen MR) is 131 cm³/mol. The Morgan fingerprint density at radius 3 is 2.38 bits per heavy atom. The van der Waals surface area contributed by atoms with Crippen molar-refractivity contribution in [2.75, 3.05) is 27.6 Å². The highest BCUT2D eigenvalue weighted by molar-refractivity contribution is 5.83. The van der Waals surface area contributed by atoms with Gasteiger partial charge in [-0.1, -0.05) is 49.4 Å². The Kier molecular flexibility index (Phi) is 7.58. The Bertz CT molecular complexity index is 1120. The lowest BCUT2D eigenvalue weighted by atomic mass is 9.94. The van der Waals surface area contributed by atoms with Crippen molar-refractivity contribution in [2.24, 2.45) is 0 Å². The normalized spacial score (nSPS) is 12.8. The van der Waals surface area contributed by atoms with Crippen molar-refractivity contribution in [1.82, 2.24) is 4.90 Å². The standard InChI is InChI=1S/C28H31NO5/c1-4-23(22-8-6-5-7-9-22)28(30)29(18-21-11-13-25-27(17-21)34-19-33-25)15-14-20-10-12-24(31-2)26(16-20)32-3/h5-13,16-17,23H,4,14-15,18-19H2,1-3H3. The van der Waals surface area contributed by atoms with Gasteiger partial charge in [0.05, 0.1) is 20.1 Å². The first-order chi connectivity index (χ1) is 16.6.